The van der Waals surface area contributed by atoms with Gasteiger partial charge in [-0.3, -0.25) is 9.59 Å². The van der Waals surface area contributed by atoms with E-state index in [1.54, 1.807) is 0 Å². The molecule has 2 N–H and O–H groups in total. The summed E-state index contributed by atoms with van der Waals surface area (Å²) in [6.07, 6.45) is 4.31. The minimum absolute atomic E-state index is 0.339. The van der Waals surface area contributed by atoms with E-state index in [0.29, 0.717) is 12.2 Å². The van der Waals surface area contributed by atoms with Crippen molar-refractivity contribution in [1.29, 1.82) is 0 Å². The zero-order valence-electron chi connectivity index (χ0n) is 15.0. The van der Waals surface area contributed by atoms with Crippen molar-refractivity contribution < 1.29 is 9.59 Å². The van der Waals surface area contributed by atoms with Crippen LogP contribution in [0.2, 0.25) is 0 Å². The topological polar surface area (TPSA) is 58.2 Å². The Kier molecular flexibility index (Phi) is 7.20. The van der Waals surface area contributed by atoms with E-state index in [1.807, 2.05) is 48.5 Å². The summed E-state index contributed by atoms with van der Waals surface area (Å²) in [4.78, 5) is 23.9. The van der Waals surface area contributed by atoms with Crippen LogP contribution in [0.3, 0.4) is 0 Å². The number of nitrogens with one attached hydrogen (secondary N) is 2. The van der Waals surface area contributed by atoms with Crippen LogP contribution in [0.15, 0.2) is 48.5 Å². The van der Waals surface area contributed by atoms with Gasteiger partial charge in [-0.15, -0.1) is 0 Å². The third-order valence-corrected chi connectivity index (χ3v) is 4.12. The Balaban J connectivity index is 1.81. The summed E-state index contributed by atoms with van der Waals surface area (Å²) < 4.78 is 0. The van der Waals surface area contributed by atoms with Crippen molar-refractivity contribution in [3.05, 3.63) is 65.2 Å². The molecule has 25 heavy (non-hydrogen) atoms. The molecule has 0 atom stereocenters. The molecule has 0 aromatic heterocycles. The van der Waals surface area contributed by atoms with Crippen molar-refractivity contribution in [2.24, 2.45) is 0 Å². The van der Waals surface area contributed by atoms with Crippen molar-refractivity contribution in [3.63, 3.8) is 0 Å². The second-order valence-corrected chi connectivity index (χ2v) is 6.11. The molecule has 2 amide bonds. The molecule has 0 heterocycles. The van der Waals surface area contributed by atoms with Crippen molar-refractivity contribution in [3.8, 4) is 0 Å². The average molecular weight is 338 g/mol. The molecule has 0 saturated heterocycles. The van der Waals surface area contributed by atoms with Gasteiger partial charge in [-0.2, -0.15) is 0 Å². The van der Waals surface area contributed by atoms with Gasteiger partial charge in [-0.1, -0.05) is 56.7 Å². The summed E-state index contributed by atoms with van der Waals surface area (Å²) in [7, 11) is 0. The fraction of sp³-hybridized carbons (Fsp3) is 0.333. The molecule has 2 aromatic carbocycles. The second-order valence-electron chi connectivity index (χ2n) is 6.11. The Labute approximate surface area is 149 Å². The molecule has 2 rings (SSSR count). The maximum absolute atomic E-state index is 12.0. The summed E-state index contributed by atoms with van der Waals surface area (Å²) in [6.45, 7) is 4.59. The number of anilines is 1. The molecule has 0 aliphatic carbocycles. The number of carbonyl (C=O) groups excluding carboxylic acids is 2. The van der Waals surface area contributed by atoms with Crippen LogP contribution in [-0.4, -0.2) is 11.8 Å². The van der Waals surface area contributed by atoms with E-state index < -0.39 is 11.8 Å². The van der Waals surface area contributed by atoms with E-state index in [4.69, 9.17) is 0 Å². The largest absolute Gasteiger partial charge is 0.344 e. The quantitative estimate of drug-likeness (QED) is 0.754. The highest BCUT2D eigenvalue weighted by Gasteiger charge is 2.13. The third kappa shape index (κ3) is 6.07. The minimum atomic E-state index is -0.647. The van der Waals surface area contributed by atoms with Crippen LogP contribution in [-0.2, 0) is 29.0 Å². The number of unbranched alkanes of at least 4 members (excludes halogenated alkanes) is 1. The Hall–Kier alpha value is -2.62. The van der Waals surface area contributed by atoms with Crippen LogP contribution in [0.5, 0.6) is 0 Å². The van der Waals surface area contributed by atoms with E-state index >= 15 is 0 Å². The molecule has 4 heteroatoms. The van der Waals surface area contributed by atoms with Crippen LogP contribution in [0, 0.1) is 0 Å². The molecule has 0 aliphatic rings. The maximum Gasteiger partial charge on any atom is 0.313 e. The monoisotopic (exact) mass is 338 g/mol. The summed E-state index contributed by atoms with van der Waals surface area (Å²) in [5.41, 5.74) is 4.08. The van der Waals surface area contributed by atoms with Crippen LogP contribution in [0.1, 0.15) is 43.4 Å². The number of benzene rings is 2. The number of aryl methyl sites for hydroxylation is 2. The number of amides is 2. The Morgan fingerprint density at radius 1 is 0.800 bits per heavy atom. The lowest BCUT2D eigenvalue weighted by molar-refractivity contribution is -0.136. The lowest BCUT2D eigenvalue weighted by Crippen LogP contribution is -2.34. The van der Waals surface area contributed by atoms with Crippen molar-refractivity contribution in [2.75, 3.05) is 5.32 Å². The molecular formula is C21H26N2O2. The van der Waals surface area contributed by atoms with Crippen molar-refractivity contribution in [2.45, 2.75) is 46.1 Å². The first-order valence-corrected chi connectivity index (χ1v) is 8.88. The number of rotatable bonds is 7. The van der Waals surface area contributed by atoms with Gasteiger partial charge in [-0.25, -0.2) is 0 Å². The summed E-state index contributed by atoms with van der Waals surface area (Å²) in [5.74, 6) is -1.28. The van der Waals surface area contributed by atoms with Crippen LogP contribution >= 0.6 is 0 Å². The zero-order chi connectivity index (χ0) is 18.1. The minimum Gasteiger partial charge on any atom is -0.344 e. The van der Waals surface area contributed by atoms with E-state index in [9.17, 15) is 9.59 Å². The average Bonchev–Trinajstić information content (AvgIpc) is 2.65. The fourth-order valence-electron chi connectivity index (χ4n) is 2.48. The van der Waals surface area contributed by atoms with Gasteiger partial charge in [-0.05, 0) is 48.1 Å². The van der Waals surface area contributed by atoms with Gasteiger partial charge in [0.1, 0.15) is 0 Å². The summed E-state index contributed by atoms with van der Waals surface area (Å²) in [6, 6.07) is 15.6. The Bertz CT molecular complexity index is 691. The van der Waals surface area contributed by atoms with Gasteiger partial charge in [0, 0.05) is 12.2 Å². The zero-order valence-corrected chi connectivity index (χ0v) is 15.0. The van der Waals surface area contributed by atoms with Gasteiger partial charge in [0.15, 0.2) is 0 Å². The van der Waals surface area contributed by atoms with E-state index in [0.717, 1.165) is 31.2 Å². The second kappa shape index (κ2) is 9.62. The highest BCUT2D eigenvalue weighted by atomic mass is 16.2. The maximum atomic E-state index is 12.0. The van der Waals surface area contributed by atoms with Gasteiger partial charge >= 0.3 is 11.8 Å². The van der Waals surface area contributed by atoms with E-state index in [1.165, 1.54) is 11.1 Å². The normalized spacial score (nSPS) is 10.3. The first-order valence-electron chi connectivity index (χ1n) is 8.88. The molecule has 2 aromatic rings. The van der Waals surface area contributed by atoms with Gasteiger partial charge in [0.05, 0.1) is 0 Å². The molecular weight excluding hydrogens is 312 g/mol. The summed E-state index contributed by atoms with van der Waals surface area (Å²) in [5, 5.41) is 5.27. The van der Waals surface area contributed by atoms with E-state index in [-0.39, 0.29) is 0 Å². The molecule has 0 radical (unpaired) electrons. The molecule has 0 spiro atoms. The standard InChI is InChI=1S/C21H26N2O2/c1-3-5-6-17-11-13-19(14-12-17)23-21(25)20(24)22-15-18-9-7-16(4-2)8-10-18/h7-14H,3-6,15H2,1-2H3,(H,22,24)(H,23,25). The predicted octanol–water partition coefficient (Wildman–Crippen LogP) is 3.85. The van der Waals surface area contributed by atoms with Gasteiger partial charge in [0.25, 0.3) is 0 Å². The Morgan fingerprint density at radius 3 is 2.00 bits per heavy atom. The predicted molar refractivity (Wildman–Crippen MR) is 101 cm³/mol. The van der Waals surface area contributed by atoms with Crippen LogP contribution in [0.4, 0.5) is 5.69 Å². The summed E-state index contributed by atoms with van der Waals surface area (Å²) >= 11 is 0. The number of carbonyl (C=O) groups is 2. The Morgan fingerprint density at radius 2 is 1.40 bits per heavy atom. The highest BCUT2D eigenvalue weighted by Crippen LogP contribution is 2.12. The van der Waals surface area contributed by atoms with Gasteiger partial charge in [0.2, 0.25) is 0 Å². The molecule has 4 nitrogen and oxygen atoms in total. The SMILES string of the molecule is CCCCc1ccc(NC(=O)C(=O)NCc2ccc(CC)cc2)cc1. The van der Waals surface area contributed by atoms with Crippen LogP contribution in [0.25, 0.3) is 0 Å². The molecule has 0 saturated carbocycles. The van der Waals surface area contributed by atoms with Crippen LogP contribution < -0.4 is 10.6 Å². The lowest BCUT2D eigenvalue weighted by atomic mass is 10.1. The fourth-order valence-corrected chi connectivity index (χ4v) is 2.48. The highest BCUT2D eigenvalue weighted by molar-refractivity contribution is 6.39. The smallest absolute Gasteiger partial charge is 0.313 e. The first-order chi connectivity index (χ1) is 12.1. The lowest BCUT2D eigenvalue weighted by Gasteiger charge is -2.08. The molecule has 132 valence electrons. The van der Waals surface area contributed by atoms with Crippen molar-refractivity contribution >= 4 is 17.5 Å². The first kappa shape index (κ1) is 18.7. The third-order valence-electron chi connectivity index (χ3n) is 4.12. The molecule has 0 unspecified atom stereocenters. The van der Waals surface area contributed by atoms with Gasteiger partial charge < -0.3 is 10.6 Å². The van der Waals surface area contributed by atoms with E-state index in [2.05, 4.69) is 24.5 Å². The number of hydrogen-bond donors (Lipinski definition) is 2. The number of hydrogen-bond acceptors (Lipinski definition) is 2. The molecule has 0 aliphatic heterocycles. The van der Waals surface area contributed by atoms with Crippen molar-refractivity contribution in [1.82, 2.24) is 5.32 Å². The molecule has 0 bridgehead atoms. The molecule has 0 fully saturated rings.